The van der Waals surface area contributed by atoms with E-state index in [9.17, 15) is 13.6 Å². The van der Waals surface area contributed by atoms with E-state index in [4.69, 9.17) is 0 Å². The lowest BCUT2D eigenvalue weighted by molar-refractivity contribution is -0.0497. The standard InChI is InChI=1S/C19H14F2N2O2/c20-19(21)25-17-8-4-7-16(10-17)23-18(24)15-9-14(11-22-12-15)13-5-2-1-3-6-13/h1-12,19H,(H,23,24). The van der Waals surface area contributed by atoms with Crippen molar-refractivity contribution in [3.05, 3.63) is 78.6 Å². The van der Waals surface area contributed by atoms with E-state index >= 15 is 0 Å². The van der Waals surface area contributed by atoms with Crippen LogP contribution in [-0.2, 0) is 0 Å². The molecule has 0 aliphatic heterocycles. The lowest BCUT2D eigenvalue weighted by Gasteiger charge is -2.09. The Morgan fingerprint density at radius 2 is 1.76 bits per heavy atom. The highest BCUT2D eigenvalue weighted by atomic mass is 19.3. The third kappa shape index (κ3) is 4.38. The Morgan fingerprint density at radius 1 is 0.960 bits per heavy atom. The van der Waals surface area contributed by atoms with Crippen LogP contribution in [0.4, 0.5) is 14.5 Å². The van der Waals surface area contributed by atoms with Gasteiger partial charge in [0.05, 0.1) is 5.56 Å². The monoisotopic (exact) mass is 340 g/mol. The van der Waals surface area contributed by atoms with E-state index in [0.717, 1.165) is 11.1 Å². The maximum absolute atomic E-state index is 12.4. The lowest BCUT2D eigenvalue weighted by Crippen LogP contribution is -2.12. The first kappa shape index (κ1) is 16.6. The number of nitrogens with zero attached hydrogens (tertiary/aromatic N) is 1. The second-order valence-electron chi connectivity index (χ2n) is 5.19. The maximum atomic E-state index is 12.4. The van der Waals surface area contributed by atoms with Gasteiger partial charge in [-0.25, -0.2) is 0 Å². The largest absolute Gasteiger partial charge is 0.435 e. The number of carbonyl (C=O) groups excluding carboxylic acids is 1. The van der Waals surface area contributed by atoms with Crippen molar-refractivity contribution in [3.63, 3.8) is 0 Å². The predicted molar refractivity (Wildman–Crippen MR) is 90.7 cm³/mol. The number of benzene rings is 2. The Labute approximate surface area is 143 Å². The number of halogens is 2. The summed E-state index contributed by atoms with van der Waals surface area (Å²) < 4.78 is 28.9. The summed E-state index contributed by atoms with van der Waals surface area (Å²) in [6.45, 7) is -2.92. The van der Waals surface area contributed by atoms with Gasteiger partial charge in [0.2, 0.25) is 0 Å². The molecule has 2 aromatic carbocycles. The summed E-state index contributed by atoms with van der Waals surface area (Å²) in [6.07, 6.45) is 3.12. The number of hydrogen-bond donors (Lipinski definition) is 1. The van der Waals surface area contributed by atoms with E-state index < -0.39 is 6.61 Å². The fourth-order valence-corrected chi connectivity index (χ4v) is 2.31. The van der Waals surface area contributed by atoms with Crippen molar-refractivity contribution in [1.29, 1.82) is 0 Å². The zero-order valence-electron chi connectivity index (χ0n) is 13.0. The van der Waals surface area contributed by atoms with Crippen LogP contribution in [0.2, 0.25) is 0 Å². The van der Waals surface area contributed by atoms with Gasteiger partial charge < -0.3 is 10.1 Å². The first-order valence-electron chi connectivity index (χ1n) is 7.48. The van der Waals surface area contributed by atoms with Crippen LogP contribution in [-0.4, -0.2) is 17.5 Å². The third-order valence-corrected chi connectivity index (χ3v) is 3.42. The fraction of sp³-hybridized carbons (Fsp3) is 0.0526. The number of alkyl halides is 2. The molecule has 0 saturated carbocycles. The van der Waals surface area contributed by atoms with E-state index in [2.05, 4.69) is 15.0 Å². The molecular formula is C19H14F2N2O2. The molecule has 0 aliphatic carbocycles. The summed E-state index contributed by atoms with van der Waals surface area (Å²) in [5.74, 6) is -0.413. The van der Waals surface area contributed by atoms with Crippen molar-refractivity contribution in [3.8, 4) is 16.9 Å². The Morgan fingerprint density at radius 3 is 2.52 bits per heavy atom. The normalized spacial score (nSPS) is 10.5. The number of hydrogen-bond acceptors (Lipinski definition) is 3. The zero-order valence-corrected chi connectivity index (χ0v) is 13.0. The molecule has 0 saturated heterocycles. The summed E-state index contributed by atoms with van der Waals surface area (Å²) in [4.78, 5) is 16.5. The quantitative estimate of drug-likeness (QED) is 0.738. The zero-order chi connectivity index (χ0) is 17.6. The number of aromatic nitrogens is 1. The number of rotatable bonds is 5. The third-order valence-electron chi connectivity index (χ3n) is 3.42. The molecule has 3 aromatic rings. The Balaban J connectivity index is 1.78. The minimum absolute atomic E-state index is 0.0241. The molecule has 0 atom stereocenters. The molecule has 1 N–H and O–H groups in total. The smallest absolute Gasteiger partial charge is 0.387 e. The summed E-state index contributed by atoms with van der Waals surface area (Å²) in [6, 6.07) is 17.1. The average molecular weight is 340 g/mol. The van der Waals surface area contributed by atoms with Crippen molar-refractivity contribution in [2.45, 2.75) is 6.61 Å². The van der Waals surface area contributed by atoms with Gasteiger partial charge in [-0.15, -0.1) is 0 Å². The molecule has 126 valence electrons. The number of anilines is 1. The van der Waals surface area contributed by atoms with E-state index in [1.54, 1.807) is 18.3 Å². The SMILES string of the molecule is O=C(Nc1cccc(OC(F)F)c1)c1cncc(-c2ccccc2)c1. The van der Waals surface area contributed by atoms with Gasteiger partial charge in [0.15, 0.2) is 0 Å². The topological polar surface area (TPSA) is 51.2 Å². The molecule has 1 heterocycles. The molecule has 0 bridgehead atoms. The molecule has 4 nitrogen and oxygen atoms in total. The molecule has 1 amide bonds. The first-order chi connectivity index (χ1) is 12.1. The predicted octanol–water partition coefficient (Wildman–Crippen LogP) is 4.60. The van der Waals surface area contributed by atoms with Crippen LogP contribution in [0.5, 0.6) is 5.75 Å². The van der Waals surface area contributed by atoms with Gasteiger partial charge in [-0.05, 0) is 23.8 Å². The van der Waals surface area contributed by atoms with Gasteiger partial charge in [0.1, 0.15) is 5.75 Å². The highest BCUT2D eigenvalue weighted by molar-refractivity contribution is 6.04. The van der Waals surface area contributed by atoms with Crippen molar-refractivity contribution >= 4 is 11.6 Å². The van der Waals surface area contributed by atoms with Crippen molar-refractivity contribution < 1.29 is 18.3 Å². The second-order valence-corrected chi connectivity index (χ2v) is 5.19. The molecule has 25 heavy (non-hydrogen) atoms. The van der Waals surface area contributed by atoms with Gasteiger partial charge >= 0.3 is 6.61 Å². The van der Waals surface area contributed by atoms with Crippen molar-refractivity contribution in [1.82, 2.24) is 4.98 Å². The number of nitrogens with one attached hydrogen (secondary N) is 1. The number of ether oxygens (including phenoxy) is 1. The van der Waals surface area contributed by atoms with E-state index in [1.165, 1.54) is 24.4 Å². The maximum Gasteiger partial charge on any atom is 0.387 e. The summed E-state index contributed by atoms with van der Waals surface area (Å²) in [7, 11) is 0. The van der Waals surface area contributed by atoms with Crippen LogP contribution >= 0.6 is 0 Å². The Kier molecular flexibility index (Phi) is 4.99. The van der Waals surface area contributed by atoms with Gasteiger partial charge in [-0.3, -0.25) is 9.78 Å². The molecule has 0 fully saturated rings. The number of pyridine rings is 1. The Bertz CT molecular complexity index is 870. The fourth-order valence-electron chi connectivity index (χ4n) is 2.31. The van der Waals surface area contributed by atoms with Crippen LogP contribution in [0.15, 0.2) is 73.1 Å². The first-order valence-corrected chi connectivity index (χ1v) is 7.48. The van der Waals surface area contributed by atoms with Gasteiger partial charge in [-0.2, -0.15) is 8.78 Å². The molecule has 1 aromatic heterocycles. The Hall–Kier alpha value is -3.28. The molecular weight excluding hydrogens is 326 g/mol. The van der Waals surface area contributed by atoms with Crippen LogP contribution in [0, 0.1) is 0 Å². The minimum atomic E-state index is -2.92. The number of amides is 1. The molecule has 0 aliphatic rings. The van der Waals surface area contributed by atoms with E-state index in [0.29, 0.717) is 11.3 Å². The molecule has 0 unspecified atom stereocenters. The highest BCUT2D eigenvalue weighted by Gasteiger charge is 2.10. The van der Waals surface area contributed by atoms with E-state index in [-0.39, 0.29) is 11.7 Å². The lowest BCUT2D eigenvalue weighted by atomic mass is 10.1. The van der Waals surface area contributed by atoms with Gasteiger partial charge in [0, 0.05) is 29.7 Å². The van der Waals surface area contributed by atoms with Crippen LogP contribution < -0.4 is 10.1 Å². The second kappa shape index (κ2) is 7.53. The van der Waals surface area contributed by atoms with Crippen LogP contribution in [0.3, 0.4) is 0 Å². The average Bonchev–Trinajstić information content (AvgIpc) is 2.62. The number of carbonyl (C=O) groups is 1. The molecule has 0 spiro atoms. The van der Waals surface area contributed by atoms with Crippen LogP contribution in [0.25, 0.3) is 11.1 Å². The van der Waals surface area contributed by atoms with Crippen molar-refractivity contribution in [2.75, 3.05) is 5.32 Å². The molecule has 6 heteroatoms. The molecule has 3 rings (SSSR count). The van der Waals surface area contributed by atoms with Gasteiger partial charge in [-0.1, -0.05) is 36.4 Å². The van der Waals surface area contributed by atoms with E-state index in [1.807, 2.05) is 30.3 Å². The highest BCUT2D eigenvalue weighted by Crippen LogP contribution is 2.22. The van der Waals surface area contributed by atoms with Crippen LogP contribution in [0.1, 0.15) is 10.4 Å². The summed E-state index contributed by atoms with van der Waals surface area (Å²) >= 11 is 0. The molecule has 0 radical (unpaired) electrons. The minimum Gasteiger partial charge on any atom is -0.435 e. The van der Waals surface area contributed by atoms with Gasteiger partial charge in [0.25, 0.3) is 5.91 Å². The summed E-state index contributed by atoms with van der Waals surface area (Å²) in [5, 5.41) is 2.65. The van der Waals surface area contributed by atoms with Crippen molar-refractivity contribution in [2.24, 2.45) is 0 Å². The summed E-state index contributed by atoms with van der Waals surface area (Å²) in [5.41, 5.74) is 2.47.